The topological polar surface area (TPSA) is 37.3 Å². The largest absolute Gasteiger partial charge is 0.386 e. The van der Waals surface area contributed by atoms with E-state index < -0.39 is 5.60 Å². The molecule has 0 spiro atoms. The average molecular weight is 353 g/mol. The van der Waals surface area contributed by atoms with Gasteiger partial charge in [-0.3, -0.25) is 4.79 Å². The fraction of sp³-hybridized carbons (Fsp3) is 0.625. The summed E-state index contributed by atoms with van der Waals surface area (Å²) >= 11 is 0. The van der Waals surface area contributed by atoms with Crippen molar-refractivity contribution in [1.29, 1.82) is 0 Å². The first-order valence-corrected chi connectivity index (χ1v) is 10.1. The van der Waals surface area contributed by atoms with Crippen LogP contribution < -0.4 is 0 Å². The van der Waals surface area contributed by atoms with Gasteiger partial charge in [0.15, 0.2) is 0 Å². The van der Waals surface area contributed by atoms with Crippen LogP contribution in [0, 0.1) is 35.0 Å². The highest BCUT2D eigenvalue weighted by molar-refractivity contribution is 5.82. The Bertz CT molecular complexity index is 731. The molecule has 2 aliphatic rings. The van der Waals surface area contributed by atoms with Crippen LogP contribution in [0.25, 0.3) is 0 Å². The van der Waals surface area contributed by atoms with Crippen LogP contribution in [0.15, 0.2) is 24.3 Å². The Morgan fingerprint density at radius 3 is 2.69 bits per heavy atom. The SMILES string of the molecule is C[C@H](C#Cc1ccccc1C(C)(C)O)[C@H]1CCC[C@H]2C(=O)CCC[C@]12C. The van der Waals surface area contributed by atoms with E-state index in [1.54, 1.807) is 13.8 Å². The monoisotopic (exact) mass is 352 g/mol. The molecule has 1 N–H and O–H groups in total. The summed E-state index contributed by atoms with van der Waals surface area (Å²) in [5.74, 6) is 8.28. The Balaban J connectivity index is 1.86. The third-order valence-corrected chi connectivity index (χ3v) is 6.80. The molecule has 0 aliphatic heterocycles. The summed E-state index contributed by atoms with van der Waals surface area (Å²) in [5.41, 5.74) is 0.994. The van der Waals surface area contributed by atoms with Crippen LogP contribution in [-0.4, -0.2) is 10.9 Å². The Labute approximate surface area is 158 Å². The van der Waals surface area contributed by atoms with Gasteiger partial charge < -0.3 is 5.11 Å². The highest BCUT2D eigenvalue weighted by Gasteiger charge is 2.49. The number of hydrogen-bond donors (Lipinski definition) is 1. The maximum absolute atomic E-state index is 12.5. The first-order valence-electron chi connectivity index (χ1n) is 10.1. The normalized spacial score (nSPS) is 30.1. The van der Waals surface area contributed by atoms with Crippen molar-refractivity contribution in [3.8, 4) is 11.8 Å². The van der Waals surface area contributed by atoms with Gasteiger partial charge in [-0.1, -0.05) is 50.3 Å². The van der Waals surface area contributed by atoms with Gasteiger partial charge in [-0.05, 0) is 62.5 Å². The highest BCUT2D eigenvalue weighted by Crippen LogP contribution is 2.54. The van der Waals surface area contributed by atoms with Crippen LogP contribution in [0.5, 0.6) is 0 Å². The van der Waals surface area contributed by atoms with Crippen LogP contribution in [0.4, 0.5) is 0 Å². The minimum Gasteiger partial charge on any atom is -0.386 e. The van der Waals surface area contributed by atoms with Crippen LogP contribution in [0.1, 0.15) is 77.3 Å². The van der Waals surface area contributed by atoms with Gasteiger partial charge in [0.2, 0.25) is 0 Å². The highest BCUT2D eigenvalue weighted by atomic mass is 16.3. The van der Waals surface area contributed by atoms with Gasteiger partial charge in [-0.2, -0.15) is 0 Å². The average Bonchev–Trinajstić information content (AvgIpc) is 2.58. The number of Topliss-reactive ketones (excluding diaryl/α,β-unsaturated/α-hetero) is 1. The third kappa shape index (κ3) is 3.60. The molecule has 2 nitrogen and oxygen atoms in total. The van der Waals surface area contributed by atoms with Crippen LogP contribution >= 0.6 is 0 Å². The van der Waals surface area contributed by atoms with Gasteiger partial charge in [0.1, 0.15) is 5.78 Å². The molecule has 0 amide bonds. The quantitative estimate of drug-likeness (QED) is 0.754. The van der Waals surface area contributed by atoms with Gasteiger partial charge in [0.05, 0.1) is 5.60 Å². The zero-order valence-electron chi connectivity index (χ0n) is 16.6. The van der Waals surface area contributed by atoms with E-state index in [0.29, 0.717) is 11.7 Å². The molecule has 2 heteroatoms. The first-order chi connectivity index (χ1) is 12.2. The third-order valence-electron chi connectivity index (χ3n) is 6.80. The summed E-state index contributed by atoms with van der Waals surface area (Å²) < 4.78 is 0. The standard InChI is InChI=1S/C24H32O2/c1-17(14-15-18-9-5-6-10-20(18)23(2,3)26)19-11-7-12-21-22(25)13-8-16-24(19,21)4/h5-6,9-10,17,19,21,26H,7-8,11-13,16H2,1-4H3/t17-,19-,21+,24-/m1/s1. The summed E-state index contributed by atoms with van der Waals surface area (Å²) in [5, 5.41) is 10.4. The van der Waals surface area contributed by atoms with Crippen molar-refractivity contribution in [2.45, 2.75) is 71.8 Å². The molecule has 140 valence electrons. The van der Waals surface area contributed by atoms with E-state index in [4.69, 9.17) is 0 Å². The summed E-state index contributed by atoms with van der Waals surface area (Å²) in [6, 6.07) is 7.86. The molecule has 1 aromatic rings. The van der Waals surface area contributed by atoms with E-state index in [1.807, 2.05) is 24.3 Å². The number of carbonyl (C=O) groups is 1. The van der Waals surface area contributed by atoms with E-state index in [1.165, 1.54) is 6.42 Å². The molecular weight excluding hydrogens is 320 g/mol. The van der Waals surface area contributed by atoms with Crippen LogP contribution in [0.2, 0.25) is 0 Å². The Morgan fingerprint density at radius 2 is 1.96 bits per heavy atom. The molecule has 4 atom stereocenters. The van der Waals surface area contributed by atoms with E-state index in [-0.39, 0.29) is 17.3 Å². The molecule has 1 aromatic carbocycles. The summed E-state index contributed by atoms with van der Waals surface area (Å²) in [6.45, 7) is 8.16. The molecule has 2 aliphatic carbocycles. The minimum absolute atomic E-state index is 0.109. The number of benzene rings is 1. The second-order valence-electron chi connectivity index (χ2n) is 9.08. The fourth-order valence-corrected chi connectivity index (χ4v) is 5.40. The number of rotatable bonds is 2. The second-order valence-corrected chi connectivity index (χ2v) is 9.08. The lowest BCUT2D eigenvalue weighted by Gasteiger charge is -2.51. The molecule has 0 unspecified atom stereocenters. The fourth-order valence-electron chi connectivity index (χ4n) is 5.40. The molecule has 0 bridgehead atoms. The van der Waals surface area contributed by atoms with Gasteiger partial charge in [0, 0.05) is 23.8 Å². The molecule has 3 rings (SSSR count). The van der Waals surface area contributed by atoms with Crippen molar-refractivity contribution in [1.82, 2.24) is 0 Å². The van der Waals surface area contributed by atoms with Crippen molar-refractivity contribution in [3.05, 3.63) is 35.4 Å². The zero-order valence-corrected chi connectivity index (χ0v) is 16.6. The predicted octanol–water partition coefficient (Wildman–Crippen LogP) is 5.08. The Hall–Kier alpha value is -1.59. The molecule has 2 fully saturated rings. The molecule has 26 heavy (non-hydrogen) atoms. The molecule has 0 aromatic heterocycles. The second kappa shape index (κ2) is 7.20. The Morgan fingerprint density at radius 1 is 1.23 bits per heavy atom. The van der Waals surface area contributed by atoms with E-state index in [2.05, 4.69) is 25.7 Å². The van der Waals surface area contributed by atoms with Crippen molar-refractivity contribution in [2.75, 3.05) is 0 Å². The number of hydrogen-bond acceptors (Lipinski definition) is 2. The van der Waals surface area contributed by atoms with E-state index in [0.717, 1.165) is 43.2 Å². The molecule has 2 saturated carbocycles. The van der Waals surface area contributed by atoms with Crippen molar-refractivity contribution in [2.24, 2.45) is 23.2 Å². The van der Waals surface area contributed by atoms with Crippen molar-refractivity contribution < 1.29 is 9.90 Å². The summed E-state index contributed by atoms with van der Waals surface area (Å²) in [7, 11) is 0. The smallest absolute Gasteiger partial charge is 0.136 e. The Kier molecular flexibility index (Phi) is 5.31. The molecule has 0 saturated heterocycles. The van der Waals surface area contributed by atoms with Gasteiger partial charge in [0.25, 0.3) is 0 Å². The lowest BCUT2D eigenvalue weighted by molar-refractivity contribution is -0.136. The predicted molar refractivity (Wildman–Crippen MR) is 106 cm³/mol. The molecular formula is C24H32O2. The van der Waals surface area contributed by atoms with Gasteiger partial charge >= 0.3 is 0 Å². The van der Waals surface area contributed by atoms with Crippen LogP contribution in [-0.2, 0) is 10.4 Å². The maximum atomic E-state index is 12.5. The molecule has 0 radical (unpaired) electrons. The maximum Gasteiger partial charge on any atom is 0.136 e. The van der Waals surface area contributed by atoms with Gasteiger partial charge in [-0.15, -0.1) is 0 Å². The van der Waals surface area contributed by atoms with Gasteiger partial charge in [-0.25, -0.2) is 0 Å². The summed E-state index contributed by atoms with van der Waals surface area (Å²) in [6.07, 6.45) is 6.33. The number of ketones is 1. The minimum atomic E-state index is -0.897. The lowest BCUT2D eigenvalue weighted by atomic mass is 9.53. The van der Waals surface area contributed by atoms with E-state index >= 15 is 0 Å². The molecule has 0 heterocycles. The summed E-state index contributed by atoms with van der Waals surface area (Å²) in [4.78, 5) is 12.5. The van der Waals surface area contributed by atoms with Crippen LogP contribution in [0.3, 0.4) is 0 Å². The number of aliphatic hydroxyl groups is 1. The van der Waals surface area contributed by atoms with Crippen molar-refractivity contribution >= 4 is 5.78 Å². The zero-order chi connectivity index (χ0) is 18.9. The number of fused-ring (bicyclic) bond motifs is 1. The van der Waals surface area contributed by atoms with E-state index in [9.17, 15) is 9.90 Å². The lowest BCUT2D eigenvalue weighted by Crippen LogP contribution is -2.47. The first kappa shape index (κ1) is 19.2. The number of carbonyl (C=O) groups excluding carboxylic acids is 1. The van der Waals surface area contributed by atoms with Crippen molar-refractivity contribution in [3.63, 3.8) is 0 Å².